The lowest BCUT2D eigenvalue weighted by Crippen LogP contribution is -2.48. The summed E-state index contributed by atoms with van der Waals surface area (Å²) in [5.41, 5.74) is 1.44. The van der Waals surface area contributed by atoms with Gasteiger partial charge in [-0.2, -0.15) is 4.98 Å². The number of hydrogen-bond acceptors (Lipinski definition) is 5. The van der Waals surface area contributed by atoms with Crippen LogP contribution in [0.4, 0.5) is 5.69 Å². The molecule has 6 nitrogen and oxygen atoms in total. The zero-order valence-electron chi connectivity index (χ0n) is 12.1. The molecule has 1 amide bonds. The van der Waals surface area contributed by atoms with Crippen LogP contribution < -0.4 is 10.6 Å². The molecule has 2 aromatic rings. The molecule has 0 aliphatic carbocycles. The Labute approximate surface area is 122 Å². The number of rotatable bonds is 4. The van der Waals surface area contributed by atoms with Crippen molar-refractivity contribution in [2.75, 3.05) is 18.4 Å². The molecular formula is C15H18N4O2. The lowest BCUT2D eigenvalue weighted by Gasteiger charge is -2.31. The predicted octanol–water partition coefficient (Wildman–Crippen LogP) is 1.84. The average Bonchev–Trinajstić information content (AvgIpc) is 2.84. The number of carbonyl (C=O) groups excluding carboxylic acids is 1. The van der Waals surface area contributed by atoms with E-state index in [0.29, 0.717) is 23.3 Å². The van der Waals surface area contributed by atoms with Crippen LogP contribution in [0.1, 0.15) is 12.7 Å². The van der Waals surface area contributed by atoms with Crippen LogP contribution >= 0.6 is 0 Å². The molecule has 2 heterocycles. The lowest BCUT2D eigenvalue weighted by atomic mass is 9.88. The third-order valence-electron chi connectivity index (χ3n) is 3.88. The molecule has 0 bridgehead atoms. The number of hydrogen-bond donors (Lipinski definition) is 2. The molecule has 0 spiro atoms. The minimum absolute atomic E-state index is 0.0187. The van der Waals surface area contributed by atoms with Gasteiger partial charge in [-0.15, -0.1) is 0 Å². The van der Waals surface area contributed by atoms with Crippen LogP contribution in [0.5, 0.6) is 0 Å². The Kier molecular flexibility index (Phi) is 3.70. The SMILES string of the molecule is Cc1noc(-c2ccccc2NC(=O)C(C)C2CNC2)n1. The number of amides is 1. The molecular weight excluding hydrogens is 268 g/mol. The van der Waals surface area contributed by atoms with Crippen molar-refractivity contribution in [1.29, 1.82) is 0 Å². The van der Waals surface area contributed by atoms with Crippen molar-refractivity contribution < 1.29 is 9.32 Å². The van der Waals surface area contributed by atoms with Crippen molar-refractivity contribution in [1.82, 2.24) is 15.5 Å². The molecule has 1 aromatic carbocycles. The van der Waals surface area contributed by atoms with Gasteiger partial charge in [0, 0.05) is 5.92 Å². The summed E-state index contributed by atoms with van der Waals surface area (Å²) in [7, 11) is 0. The predicted molar refractivity (Wildman–Crippen MR) is 78.6 cm³/mol. The first kappa shape index (κ1) is 13.8. The van der Waals surface area contributed by atoms with Crippen molar-refractivity contribution in [2.24, 2.45) is 11.8 Å². The number of carbonyl (C=O) groups is 1. The van der Waals surface area contributed by atoms with Gasteiger partial charge in [0.25, 0.3) is 5.89 Å². The highest BCUT2D eigenvalue weighted by atomic mass is 16.5. The smallest absolute Gasteiger partial charge is 0.260 e. The summed E-state index contributed by atoms with van der Waals surface area (Å²) in [5, 5.41) is 9.95. The summed E-state index contributed by atoms with van der Waals surface area (Å²) in [4.78, 5) is 16.5. The van der Waals surface area contributed by atoms with Gasteiger partial charge < -0.3 is 15.2 Å². The highest BCUT2D eigenvalue weighted by Crippen LogP contribution is 2.27. The highest BCUT2D eigenvalue weighted by molar-refractivity contribution is 5.96. The minimum Gasteiger partial charge on any atom is -0.334 e. The Morgan fingerprint density at radius 2 is 2.19 bits per heavy atom. The molecule has 6 heteroatoms. The maximum absolute atomic E-state index is 12.3. The zero-order valence-corrected chi connectivity index (χ0v) is 12.1. The van der Waals surface area contributed by atoms with Gasteiger partial charge in [0.15, 0.2) is 5.82 Å². The van der Waals surface area contributed by atoms with Crippen LogP contribution in [0.25, 0.3) is 11.5 Å². The molecule has 110 valence electrons. The van der Waals surface area contributed by atoms with Gasteiger partial charge in [-0.3, -0.25) is 4.79 Å². The van der Waals surface area contributed by atoms with Crippen molar-refractivity contribution >= 4 is 11.6 Å². The van der Waals surface area contributed by atoms with Gasteiger partial charge in [-0.1, -0.05) is 24.2 Å². The Balaban J connectivity index is 1.80. The third kappa shape index (κ3) is 2.80. The number of para-hydroxylation sites is 1. The number of anilines is 1. The molecule has 1 unspecified atom stereocenters. The van der Waals surface area contributed by atoms with Crippen molar-refractivity contribution in [3.8, 4) is 11.5 Å². The number of aryl methyl sites for hydroxylation is 1. The zero-order chi connectivity index (χ0) is 14.8. The second-order valence-electron chi connectivity index (χ2n) is 5.39. The fourth-order valence-electron chi connectivity index (χ4n) is 2.31. The Hall–Kier alpha value is -2.21. The van der Waals surface area contributed by atoms with E-state index in [0.717, 1.165) is 18.7 Å². The molecule has 0 radical (unpaired) electrons. The Bertz CT molecular complexity index is 649. The van der Waals surface area contributed by atoms with Crippen LogP contribution in [-0.4, -0.2) is 29.1 Å². The van der Waals surface area contributed by atoms with E-state index in [1.165, 1.54) is 0 Å². The molecule has 1 aliphatic rings. The van der Waals surface area contributed by atoms with Crippen molar-refractivity contribution in [2.45, 2.75) is 13.8 Å². The molecule has 1 aliphatic heterocycles. The number of nitrogens with zero attached hydrogens (tertiary/aromatic N) is 2. The van der Waals surface area contributed by atoms with E-state index in [9.17, 15) is 4.79 Å². The molecule has 2 N–H and O–H groups in total. The van der Waals surface area contributed by atoms with Gasteiger partial charge >= 0.3 is 0 Å². The van der Waals surface area contributed by atoms with Crippen LogP contribution in [0.15, 0.2) is 28.8 Å². The maximum Gasteiger partial charge on any atom is 0.260 e. The summed E-state index contributed by atoms with van der Waals surface area (Å²) >= 11 is 0. The first-order chi connectivity index (χ1) is 10.1. The molecule has 3 rings (SSSR count). The number of aromatic nitrogens is 2. The van der Waals surface area contributed by atoms with Crippen molar-refractivity contribution in [3.63, 3.8) is 0 Å². The summed E-state index contributed by atoms with van der Waals surface area (Å²) in [6.07, 6.45) is 0. The van der Waals surface area contributed by atoms with Gasteiger partial charge in [-0.25, -0.2) is 0 Å². The van der Waals surface area contributed by atoms with Gasteiger partial charge in [-0.05, 0) is 38.1 Å². The number of nitrogens with one attached hydrogen (secondary N) is 2. The fourth-order valence-corrected chi connectivity index (χ4v) is 2.31. The normalized spacial score (nSPS) is 16.3. The van der Waals surface area contributed by atoms with E-state index in [-0.39, 0.29) is 11.8 Å². The number of benzene rings is 1. The van der Waals surface area contributed by atoms with E-state index in [1.807, 2.05) is 31.2 Å². The topological polar surface area (TPSA) is 80.0 Å². The average molecular weight is 286 g/mol. The monoisotopic (exact) mass is 286 g/mol. The van der Waals surface area contributed by atoms with Crippen LogP contribution in [0, 0.1) is 18.8 Å². The fraction of sp³-hybridized carbons (Fsp3) is 0.400. The second kappa shape index (κ2) is 5.65. The molecule has 21 heavy (non-hydrogen) atoms. The first-order valence-corrected chi connectivity index (χ1v) is 7.06. The van der Waals surface area contributed by atoms with E-state index in [2.05, 4.69) is 20.8 Å². The van der Waals surface area contributed by atoms with Gasteiger partial charge in [0.05, 0.1) is 11.3 Å². The highest BCUT2D eigenvalue weighted by Gasteiger charge is 2.29. The van der Waals surface area contributed by atoms with E-state index in [4.69, 9.17) is 4.52 Å². The third-order valence-corrected chi connectivity index (χ3v) is 3.88. The molecule has 1 atom stereocenters. The standard InChI is InChI=1S/C15H18N4O2/c1-9(11-7-16-8-11)14(20)18-13-6-4-3-5-12(13)15-17-10(2)19-21-15/h3-6,9,11,16H,7-8H2,1-2H3,(H,18,20). The van der Waals surface area contributed by atoms with E-state index >= 15 is 0 Å². The molecule has 1 fully saturated rings. The van der Waals surface area contributed by atoms with Crippen LogP contribution in [0.3, 0.4) is 0 Å². The van der Waals surface area contributed by atoms with E-state index < -0.39 is 0 Å². The summed E-state index contributed by atoms with van der Waals surface area (Å²) in [6.45, 7) is 5.53. The second-order valence-corrected chi connectivity index (χ2v) is 5.39. The van der Waals surface area contributed by atoms with Gasteiger partial charge in [0.2, 0.25) is 5.91 Å². The van der Waals surface area contributed by atoms with Gasteiger partial charge in [0.1, 0.15) is 0 Å². The van der Waals surface area contributed by atoms with Crippen LogP contribution in [-0.2, 0) is 4.79 Å². The Morgan fingerprint density at radius 3 is 2.81 bits per heavy atom. The quantitative estimate of drug-likeness (QED) is 0.896. The lowest BCUT2D eigenvalue weighted by molar-refractivity contribution is -0.121. The van der Waals surface area contributed by atoms with E-state index in [1.54, 1.807) is 6.92 Å². The summed E-state index contributed by atoms with van der Waals surface area (Å²) < 4.78 is 5.19. The molecule has 1 aromatic heterocycles. The first-order valence-electron chi connectivity index (χ1n) is 7.06. The minimum atomic E-state index is -0.0243. The largest absolute Gasteiger partial charge is 0.334 e. The molecule has 0 saturated carbocycles. The summed E-state index contributed by atoms with van der Waals surface area (Å²) in [5.74, 6) is 1.39. The van der Waals surface area contributed by atoms with Crippen LogP contribution in [0.2, 0.25) is 0 Å². The molecule has 1 saturated heterocycles. The van der Waals surface area contributed by atoms with Crippen molar-refractivity contribution in [3.05, 3.63) is 30.1 Å². The Morgan fingerprint density at radius 1 is 1.43 bits per heavy atom. The maximum atomic E-state index is 12.3. The summed E-state index contributed by atoms with van der Waals surface area (Å²) in [6, 6.07) is 7.46.